The molecule has 0 spiro atoms. The van der Waals surface area contributed by atoms with Gasteiger partial charge >= 0.3 is 5.97 Å². The Balaban J connectivity index is 2.33. The Kier molecular flexibility index (Phi) is 7.23. The number of nitrogens with one attached hydrogen (secondary N) is 1. The van der Waals surface area contributed by atoms with Crippen molar-refractivity contribution in [1.29, 1.82) is 0 Å². The van der Waals surface area contributed by atoms with Gasteiger partial charge in [-0.3, -0.25) is 0 Å². The lowest BCUT2D eigenvalue weighted by Gasteiger charge is -2.24. The van der Waals surface area contributed by atoms with Crippen molar-refractivity contribution in [3.8, 4) is 0 Å². The summed E-state index contributed by atoms with van der Waals surface area (Å²) < 4.78 is 10.9. The molecule has 21 heavy (non-hydrogen) atoms. The van der Waals surface area contributed by atoms with Crippen molar-refractivity contribution >= 4 is 11.7 Å². The summed E-state index contributed by atoms with van der Waals surface area (Å²) in [6.45, 7) is 9.82. The van der Waals surface area contributed by atoms with Crippen LogP contribution in [0.5, 0.6) is 0 Å². The molecule has 0 saturated carbocycles. The second kappa shape index (κ2) is 8.67. The van der Waals surface area contributed by atoms with Gasteiger partial charge in [0.15, 0.2) is 0 Å². The number of hydrogen-bond acceptors (Lipinski definition) is 4. The molecule has 0 unspecified atom stereocenters. The molecule has 1 aromatic rings. The number of ether oxygens (including phenoxy) is 2. The Labute approximate surface area is 127 Å². The van der Waals surface area contributed by atoms with Gasteiger partial charge in [0.1, 0.15) is 6.61 Å². The lowest BCUT2D eigenvalue weighted by atomic mass is 10.0. The maximum absolute atomic E-state index is 11.9. The first kappa shape index (κ1) is 17.5. The number of rotatable bonds is 9. The summed E-state index contributed by atoms with van der Waals surface area (Å²) in [5, 5.41) is 3.18. The molecule has 0 amide bonds. The molecule has 0 bridgehead atoms. The van der Waals surface area contributed by atoms with Crippen LogP contribution in [0, 0.1) is 0 Å². The molecule has 1 rings (SSSR count). The van der Waals surface area contributed by atoms with E-state index in [1.165, 1.54) is 0 Å². The maximum Gasteiger partial charge on any atom is 0.338 e. The molecule has 0 radical (unpaired) electrons. The SMILES string of the molecule is CCCC(C)(C)OCCOC(=O)c1ccc(NCC)cc1. The van der Waals surface area contributed by atoms with Gasteiger partial charge in [0, 0.05) is 12.2 Å². The second-order valence-corrected chi connectivity index (χ2v) is 5.60. The number of carbonyl (C=O) groups is 1. The van der Waals surface area contributed by atoms with Crippen molar-refractivity contribution in [2.24, 2.45) is 0 Å². The Hall–Kier alpha value is -1.55. The molecule has 0 saturated heterocycles. The van der Waals surface area contributed by atoms with Gasteiger partial charge in [-0.2, -0.15) is 0 Å². The van der Waals surface area contributed by atoms with Gasteiger partial charge in [-0.25, -0.2) is 4.79 Å². The van der Waals surface area contributed by atoms with E-state index >= 15 is 0 Å². The Morgan fingerprint density at radius 3 is 2.38 bits per heavy atom. The molecular weight excluding hydrogens is 266 g/mol. The van der Waals surface area contributed by atoms with E-state index in [0.29, 0.717) is 12.2 Å². The third-order valence-electron chi connectivity index (χ3n) is 3.16. The monoisotopic (exact) mass is 293 g/mol. The molecule has 1 aromatic carbocycles. The Morgan fingerprint density at radius 1 is 1.14 bits per heavy atom. The standard InChI is InChI=1S/C17H27NO3/c1-5-11-17(3,4)21-13-12-20-16(19)14-7-9-15(10-8-14)18-6-2/h7-10,18H,5-6,11-13H2,1-4H3. The highest BCUT2D eigenvalue weighted by Gasteiger charge is 2.17. The van der Waals surface area contributed by atoms with Crippen LogP contribution in [0.3, 0.4) is 0 Å². The summed E-state index contributed by atoms with van der Waals surface area (Å²) in [6, 6.07) is 7.28. The highest BCUT2D eigenvalue weighted by Crippen LogP contribution is 2.16. The van der Waals surface area contributed by atoms with Crippen molar-refractivity contribution in [1.82, 2.24) is 0 Å². The first-order chi connectivity index (χ1) is 9.98. The minimum absolute atomic E-state index is 0.158. The van der Waals surface area contributed by atoms with Crippen LogP contribution in [0.25, 0.3) is 0 Å². The van der Waals surface area contributed by atoms with Crippen molar-refractivity contribution in [2.45, 2.75) is 46.1 Å². The van der Waals surface area contributed by atoms with Gasteiger partial charge in [-0.15, -0.1) is 0 Å². The summed E-state index contributed by atoms with van der Waals surface area (Å²) in [6.07, 6.45) is 2.07. The van der Waals surface area contributed by atoms with Crippen LogP contribution < -0.4 is 5.32 Å². The van der Waals surface area contributed by atoms with Crippen molar-refractivity contribution in [3.63, 3.8) is 0 Å². The second-order valence-electron chi connectivity index (χ2n) is 5.60. The molecule has 0 aliphatic carbocycles. The molecule has 0 heterocycles. The van der Waals surface area contributed by atoms with Gasteiger partial charge in [0.25, 0.3) is 0 Å². The van der Waals surface area contributed by atoms with E-state index in [1.807, 2.05) is 19.1 Å². The quantitative estimate of drug-likeness (QED) is 0.554. The average molecular weight is 293 g/mol. The van der Waals surface area contributed by atoms with Gasteiger partial charge < -0.3 is 14.8 Å². The molecule has 118 valence electrons. The Bertz CT molecular complexity index is 426. The maximum atomic E-state index is 11.9. The summed E-state index contributed by atoms with van der Waals surface area (Å²) in [7, 11) is 0. The molecule has 1 N–H and O–H groups in total. The lowest BCUT2D eigenvalue weighted by molar-refractivity contribution is -0.0439. The van der Waals surface area contributed by atoms with Gasteiger partial charge in [0.2, 0.25) is 0 Å². The largest absolute Gasteiger partial charge is 0.460 e. The molecule has 0 aromatic heterocycles. The third kappa shape index (κ3) is 6.63. The first-order valence-electron chi connectivity index (χ1n) is 7.63. The molecule has 4 heteroatoms. The predicted octanol–water partition coefficient (Wildman–Crippen LogP) is 3.87. The fourth-order valence-corrected chi connectivity index (χ4v) is 2.14. The minimum Gasteiger partial charge on any atom is -0.460 e. The van der Waals surface area contributed by atoms with Crippen molar-refractivity contribution < 1.29 is 14.3 Å². The number of anilines is 1. The average Bonchev–Trinajstić information content (AvgIpc) is 2.44. The fourth-order valence-electron chi connectivity index (χ4n) is 2.14. The molecule has 0 aliphatic heterocycles. The van der Waals surface area contributed by atoms with Crippen LogP contribution in [-0.2, 0) is 9.47 Å². The van der Waals surface area contributed by atoms with E-state index in [1.54, 1.807) is 12.1 Å². The zero-order valence-corrected chi connectivity index (χ0v) is 13.6. The molecular formula is C17H27NO3. The van der Waals surface area contributed by atoms with Gasteiger partial charge in [0.05, 0.1) is 17.8 Å². The van der Waals surface area contributed by atoms with Crippen LogP contribution in [0.15, 0.2) is 24.3 Å². The van der Waals surface area contributed by atoms with Crippen LogP contribution in [0.4, 0.5) is 5.69 Å². The van der Waals surface area contributed by atoms with E-state index in [-0.39, 0.29) is 18.2 Å². The smallest absolute Gasteiger partial charge is 0.338 e. The fraction of sp³-hybridized carbons (Fsp3) is 0.588. The number of carbonyl (C=O) groups excluding carboxylic acids is 1. The number of benzene rings is 1. The highest BCUT2D eigenvalue weighted by molar-refractivity contribution is 5.89. The van der Waals surface area contributed by atoms with E-state index < -0.39 is 0 Å². The van der Waals surface area contributed by atoms with Gasteiger partial charge in [-0.1, -0.05) is 13.3 Å². The summed E-state index contributed by atoms with van der Waals surface area (Å²) >= 11 is 0. The zero-order valence-electron chi connectivity index (χ0n) is 13.6. The molecule has 4 nitrogen and oxygen atoms in total. The summed E-state index contributed by atoms with van der Waals surface area (Å²) in [5.41, 5.74) is 1.40. The van der Waals surface area contributed by atoms with E-state index in [0.717, 1.165) is 25.1 Å². The predicted molar refractivity (Wildman–Crippen MR) is 85.8 cm³/mol. The van der Waals surface area contributed by atoms with Gasteiger partial charge in [-0.05, 0) is 51.5 Å². The number of esters is 1. The first-order valence-corrected chi connectivity index (χ1v) is 7.63. The van der Waals surface area contributed by atoms with Crippen LogP contribution >= 0.6 is 0 Å². The molecule has 0 fully saturated rings. The normalized spacial score (nSPS) is 11.2. The van der Waals surface area contributed by atoms with Crippen LogP contribution in [0.1, 0.15) is 50.9 Å². The van der Waals surface area contributed by atoms with E-state index in [4.69, 9.17) is 9.47 Å². The number of hydrogen-bond donors (Lipinski definition) is 1. The van der Waals surface area contributed by atoms with E-state index in [2.05, 4.69) is 26.1 Å². The molecule has 0 aliphatic rings. The topological polar surface area (TPSA) is 47.6 Å². The van der Waals surface area contributed by atoms with Crippen LogP contribution in [0.2, 0.25) is 0 Å². The zero-order chi connectivity index (χ0) is 15.7. The lowest BCUT2D eigenvalue weighted by Crippen LogP contribution is -2.26. The minimum atomic E-state index is -0.310. The highest BCUT2D eigenvalue weighted by atomic mass is 16.6. The Morgan fingerprint density at radius 2 is 1.81 bits per heavy atom. The third-order valence-corrected chi connectivity index (χ3v) is 3.16. The van der Waals surface area contributed by atoms with E-state index in [9.17, 15) is 4.79 Å². The molecule has 0 atom stereocenters. The summed E-state index contributed by atoms with van der Waals surface area (Å²) in [5.74, 6) is -0.310. The summed E-state index contributed by atoms with van der Waals surface area (Å²) in [4.78, 5) is 11.9. The van der Waals surface area contributed by atoms with Crippen LogP contribution in [-0.4, -0.2) is 31.3 Å². The van der Waals surface area contributed by atoms with Crippen molar-refractivity contribution in [2.75, 3.05) is 25.1 Å². The van der Waals surface area contributed by atoms with Crippen molar-refractivity contribution in [3.05, 3.63) is 29.8 Å².